The van der Waals surface area contributed by atoms with Crippen LogP contribution < -0.4 is 0 Å². The number of unbranched alkanes of at least 4 members (excludes halogenated alkanes) is 2. The zero-order valence-corrected chi connectivity index (χ0v) is 31.6. The van der Waals surface area contributed by atoms with Gasteiger partial charge in [-0.25, -0.2) is 0 Å². The van der Waals surface area contributed by atoms with Gasteiger partial charge in [-0.3, -0.25) is 4.79 Å². The van der Waals surface area contributed by atoms with E-state index in [0.717, 1.165) is 36.8 Å². The maximum absolute atomic E-state index is 12.7. The molecule has 0 bridgehead atoms. The molecule has 47 heavy (non-hydrogen) atoms. The van der Waals surface area contributed by atoms with Crippen LogP contribution in [0.15, 0.2) is 131 Å². The minimum Gasteiger partial charge on any atom is -0.300 e. The second-order valence-electron chi connectivity index (χ2n) is 14.8. The summed E-state index contributed by atoms with van der Waals surface area (Å²) >= 11 is 0. The molecule has 2 heteroatoms. The zero-order valence-electron chi connectivity index (χ0n) is 31.6. The molecule has 1 aliphatic rings. The second kappa shape index (κ2) is 21.4. The molecule has 0 spiro atoms. The van der Waals surface area contributed by atoms with E-state index in [2.05, 4.69) is 121 Å². The predicted octanol–water partition coefficient (Wildman–Crippen LogP) is 13.0. The van der Waals surface area contributed by atoms with E-state index in [-0.39, 0.29) is 17.0 Å². The van der Waals surface area contributed by atoms with E-state index >= 15 is 0 Å². The number of allylic oxidation sites excluding steroid dienone is 22. The Morgan fingerprint density at radius 3 is 1.89 bits per heavy atom. The molecule has 0 aliphatic heterocycles. The van der Waals surface area contributed by atoms with Crippen LogP contribution in [0.25, 0.3) is 0 Å². The number of ketones is 2. The monoisotopic (exact) mass is 636 g/mol. The average molecular weight is 637 g/mol. The van der Waals surface area contributed by atoms with E-state index in [4.69, 9.17) is 0 Å². The summed E-state index contributed by atoms with van der Waals surface area (Å²) in [6.45, 7) is 23.4. The maximum Gasteiger partial charge on any atom is 0.161 e. The molecular weight excluding hydrogens is 572 g/mol. The zero-order chi connectivity index (χ0) is 35.5. The summed E-state index contributed by atoms with van der Waals surface area (Å²) in [4.78, 5) is 23.8. The van der Waals surface area contributed by atoms with Gasteiger partial charge in [0, 0.05) is 17.8 Å². The van der Waals surface area contributed by atoms with Crippen LogP contribution in [0.5, 0.6) is 0 Å². The number of carbonyl (C=O) groups excluding carboxylic acids is 2. The first-order chi connectivity index (χ1) is 22.0. The molecule has 0 saturated carbocycles. The standard InChI is InChI=1S/C45H64O2/c1-35(22-14-12-15-25-38(4)34-40(6)43-39(5)28-21-33-45(43,10)11)23-17-18-24-36(2)26-20-27-37(3)30-31-42(47)44(8,9)32-19-13-16-29-41(7)46/h12,14-15,17-18,20,22-28,30-31,34,43H,13,16,19,21,29,32-33H2,1-11H3/b15-12+,18-17+,22-14+,26-20+,31-30+,35-23+,36-24+,37-27+,38-25+,40-34+/t43-/m1/s1. The average Bonchev–Trinajstić information content (AvgIpc) is 2.96. The van der Waals surface area contributed by atoms with Gasteiger partial charge >= 0.3 is 0 Å². The fourth-order valence-corrected chi connectivity index (χ4v) is 6.10. The van der Waals surface area contributed by atoms with Crippen LogP contribution in [0, 0.1) is 16.7 Å². The van der Waals surface area contributed by atoms with Crippen molar-refractivity contribution in [1.82, 2.24) is 0 Å². The highest BCUT2D eigenvalue weighted by Crippen LogP contribution is 2.44. The van der Waals surface area contributed by atoms with Crippen molar-refractivity contribution >= 4 is 11.6 Å². The molecule has 0 N–H and O–H groups in total. The Labute approximate surface area is 289 Å². The Hall–Kier alpha value is -3.52. The van der Waals surface area contributed by atoms with Crippen LogP contribution in [0.3, 0.4) is 0 Å². The molecule has 256 valence electrons. The summed E-state index contributed by atoms with van der Waals surface area (Å²) in [7, 11) is 0. The lowest BCUT2D eigenvalue weighted by atomic mass is 9.66. The smallest absolute Gasteiger partial charge is 0.161 e. The van der Waals surface area contributed by atoms with Crippen molar-refractivity contribution in [3.63, 3.8) is 0 Å². The van der Waals surface area contributed by atoms with Gasteiger partial charge in [0.15, 0.2) is 5.78 Å². The number of hydrogen-bond donors (Lipinski definition) is 0. The van der Waals surface area contributed by atoms with Crippen molar-refractivity contribution < 1.29 is 9.59 Å². The highest BCUT2D eigenvalue weighted by molar-refractivity contribution is 5.94. The van der Waals surface area contributed by atoms with E-state index in [0.29, 0.717) is 17.8 Å². The SMILES string of the molecule is CC(=O)CCCCCC(C)(C)C(=O)/C=C/C(C)=C/C=C/C(C)=C/C=C/C=C(C)/C=C/C=C/C=C(C)/C=C(\C)[C@H]1C(C)=CCCC1(C)C. The maximum atomic E-state index is 12.7. The lowest BCUT2D eigenvalue weighted by Gasteiger charge is -2.39. The Kier molecular flexibility index (Phi) is 18.9. The Morgan fingerprint density at radius 1 is 0.723 bits per heavy atom. The van der Waals surface area contributed by atoms with Gasteiger partial charge in [0.25, 0.3) is 0 Å². The summed E-state index contributed by atoms with van der Waals surface area (Å²) in [5.41, 5.74) is 7.52. The van der Waals surface area contributed by atoms with Gasteiger partial charge in [-0.2, -0.15) is 0 Å². The molecule has 0 heterocycles. The molecule has 1 aliphatic carbocycles. The third-order valence-corrected chi connectivity index (χ3v) is 8.89. The molecule has 0 fully saturated rings. The summed E-state index contributed by atoms with van der Waals surface area (Å²) in [6.07, 6.45) is 40.1. The van der Waals surface area contributed by atoms with E-state index < -0.39 is 0 Å². The molecule has 0 aromatic rings. The number of Topliss-reactive ketones (excluding diaryl/α,β-unsaturated/α-hetero) is 1. The first-order valence-electron chi connectivity index (χ1n) is 17.5. The number of rotatable bonds is 18. The predicted molar refractivity (Wildman–Crippen MR) is 207 cm³/mol. The third kappa shape index (κ3) is 17.8. The van der Waals surface area contributed by atoms with Gasteiger partial charge in [-0.05, 0) is 85.6 Å². The minimum absolute atomic E-state index is 0.146. The van der Waals surface area contributed by atoms with Crippen LogP contribution >= 0.6 is 0 Å². The molecule has 0 radical (unpaired) electrons. The second-order valence-corrected chi connectivity index (χ2v) is 14.8. The first-order valence-corrected chi connectivity index (χ1v) is 17.5. The van der Waals surface area contributed by atoms with Crippen LogP contribution in [0.1, 0.15) is 121 Å². The Morgan fingerprint density at radius 2 is 1.28 bits per heavy atom. The van der Waals surface area contributed by atoms with Crippen LogP contribution in [0.4, 0.5) is 0 Å². The van der Waals surface area contributed by atoms with Gasteiger partial charge in [0.2, 0.25) is 0 Å². The van der Waals surface area contributed by atoms with Gasteiger partial charge in [0.05, 0.1) is 0 Å². The van der Waals surface area contributed by atoms with E-state index in [9.17, 15) is 9.59 Å². The van der Waals surface area contributed by atoms with Crippen LogP contribution in [-0.4, -0.2) is 11.6 Å². The van der Waals surface area contributed by atoms with E-state index in [1.54, 1.807) is 13.0 Å². The lowest BCUT2D eigenvalue weighted by molar-refractivity contribution is -0.122. The molecule has 1 rings (SSSR count). The van der Waals surface area contributed by atoms with Crippen molar-refractivity contribution in [2.24, 2.45) is 16.7 Å². The molecule has 0 saturated heterocycles. The van der Waals surface area contributed by atoms with Crippen LogP contribution in [-0.2, 0) is 9.59 Å². The highest BCUT2D eigenvalue weighted by atomic mass is 16.1. The van der Waals surface area contributed by atoms with Crippen molar-refractivity contribution in [3.8, 4) is 0 Å². The molecule has 2 nitrogen and oxygen atoms in total. The van der Waals surface area contributed by atoms with Crippen LogP contribution in [0.2, 0.25) is 0 Å². The molecule has 0 aromatic heterocycles. The Balaban J connectivity index is 2.58. The number of hydrogen-bond acceptors (Lipinski definition) is 2. The van der Waals surface area contributed by atoms with E-state index in [1.165, 1.54) is 35.1 Å². The lowest BCUT2D eigenvalue weighted by Crippen LogP contribution is -2.28. The van der Waals surface area contributed by atoms with E-state index in [1.807, 2.05) is 39.0 Å². The topological polar surface area (TPSA) is 34.1 Å². The highest BCUT2D eigenvalue weighted by Gasteiger charge is 2.33. The van der Waals surface area contributed by atoms with Gasteiger partial charge < -0.3 is 4.79 Å². The molecular formula is C45H64O2. The molecule has 0 aromatic carbocycles. The molecule has 1 atom stereocenters. The largest absolute Gasteiger partial charge is 0.300 e. The number of carbonyl (C=O) groups is 2. The fourth-order valence-electron chi connectivity index (χ4n) is 6.10. The fraction of sp³-hybridized carbons (Fsp3) is 0.467. The van der Waals surface area contributed by atoms with Crippen molar-refractivity contribution in [2.75, 3.05) is 0 Å². The summed E-state index contributed by atoms with van der Waals surface area (Å²) < 4.78 is 0. The third-order valence-electron chi connectivity index (χ3n) is 8.89. The summed E-state index contributed by atoms with van der Waals surface area (Å²) in [6, 6.07) is 0. The van der Waals surface area contributed by atoms with Crippen molar-refractivity contribution in [1.29, 1.82) is 0 Å². The van der Waals surface area contributed by atoms with Gasteiger partial charge in [0.1, 0.15) is 5.78 Å². The summed E-state index contributed by atoms with van der Waals surface area (Å²) in [5, 5.41) is 0. The van der Waals surface area contributed by atoms with Crippen molar-refractivity contribution in [3.05, 3.63) is 131 Å². The molecule has 0 unspecified atom stereocenters. The Bertz CT molecular complexity index is 1380. The normalized spacial score (nSPS) is 19.3. The minimum atomic E-state index is -0.384. The van der Waals surface area contributed by atoms with Gasteiger partial charge in [-0.15, -0.1) is 0 Å². The first kappa shape index (κ1) is 41.5. The quantitative estimate of drug-likeness (QED) is 0.0649. The van der Waals surface area contributed by atoms with Gasteiger partial charge in [-0.1, -0.05) is 165 Å². The molecule has 0 amide bonds. The van der Waals surface area contributed by atoms with Crippen molar-refractivity contribution in [2.45, 2.75) is 121 Å². The summed E-state index contributed by atoms with van der Waals surface area (Å²) in [5.74, 6) is 0.907.